The molecule has 5 heteroatoms. The second kappa shape index (κ2) is 6.94. The number of ether oxygens (including phenoxy) is 1. The molecule has 1 heterocycles. The fourth-order valence-corrected chi connectivity index (χ4v) is 11.1. The summed E-state index contributed by atoms with van der Waals surface area (Å²) >= 11 is 0. The highest BCUT2D eigenvalue weighted by Gasteiger charge is 2.75. The number of hydrogen-bond acceptors (Lipinski definition) is 5. The highest BCUT2D eigenvalue weighted by molar-refractivity contribution is 5.82. The third kappa shape index (κ3) is 2.59. The van der Waals surface area contributed by atoms with Crippen molar-refractivity contribution in [3.63, 3.8) is 0 Å². The molecule has 0 radical (unpaired) electrons. The summed E-state index contributed by atoms with van der Waals surface area (Å²) in [7, 11) is 0. The Morgan fingerprint density at radius 1 is 0.943 bits per heavy atom. The number of allylic oxidation sites excluding steroid dienone is 1. The van der Waals surface area contributed by atoms with Gasteiger partial charge in [-0.15, -0.1) is 0 Å². The zero-order valence-corrected chi connectivity index (χ0v) is 22.6. The van der Waals surface area contributed by atoms with Gasteiger partial charge < -0.3 is 20.1 Å². The average Bonchev–Trinajstić information content (AvgIpc) is 3.09. The summed E-state index contributed by atoms with van der Waals surface area (Å²) in [5, 5.41) is 32.2. The molecule has 1 aliphatic heterocycles. The van der Waals surface area contributed by atoms with Gasteiger partial charge >= 0.3 is 5.97 Å². The third-order valence-electron chi connectivity index (χ3n) is 13.7. The van der Waals surface area contributed by atoms with Crippen LogP contribution in [0.25, 0.3) is 0 Å². The van der Waals surface area contributed by atoms with Crippen molar-refractivity contribution < 1.29 is 24.9 Å². The second-order valence-corrected chi connectivity index (χ2v) is 15.1. The van der Waals surface area contributed by atoms with Gasteiger partial charge in [-0.25, -0.2) is 0 Å². The Balaban J connectivity index is 1.48. The molecule has 5 nitrogen and oxygen atoms in total. The first-order chi connectivity index (χ1) is 16.2. The summed E-state index contributed by atoms with van der Waals surface area (Å²) in [6.07, 6.45) is 8.18. The molecule has 3 N–H and O–H groups in total. The summed E-state index contributed by atoms with van der Waals surface area (Å²) in [6.45, 7) is 13.8. The van der Waals surface area contributed by atoms with Crippen LogP contribution in [0.1, 0.15) is 92.9 Å². The van der Waals surface area contributed by atoms with E-state index in [0.717, 1.165) is 32.1 Å². The van der Waals surface area contributed by atoms with Gasteiger partial charge in [0.2, 0.25) is 0 Å². The molecule has 35 heavy (non-hydrogen) atoms. The number of fused-ring (bicyclic) bond motifs is 8. The molecule has 4 saturated carbocycles. The molecular weight excluding hydrogens is 440 g/mol. The molecule has 11 atom stereocenters. The van der Waals surface area contributed by atoms with Crippen LogP contribution in [0.3, 0.4) is 0 Å². The smallest absolute Gasteiger partial charge is 0.313 e. The lowest BCUT2D eigenvalue weighted by Gasteiger charge is -2.70. The fourth-order valence-electron chi connectivity index (χ4n) is 11.1. The molecule has 0 amide bonds. The molecule has 0 aromatic rings. The molecule has 1 spiro atoms. The molecule has 6 aliphatic rings. The Hall–Kier alpha value is -0.910. The monoisotopic (exact) mass is 486 g/mol. The maximum atomic E-state index is 13.6. The van der Waals surface area contributed by atoms with E-state index in [-0.39, 0.29) is 52.4 Å². The van der Waals surface area contributed by atoms with E-state index in [1.54, 1.807) is 0 Å². The molecule has 2 bridgehead atoms. The normalized spacial score (nSPS) is 58.3. The van der Waals surface area contributed by atoms with Crippen molar-refractivity contribution in [1.29, 1.82) is 0 Å². The molecule has 5 aliphatic carbocycles. The lowest BCUT2D eigenvalue weighted by Crippen LogP contribution is -2.67. The number of hydrogen-bond donors (Lipinski definition) is 3. The van der Waals surface area contributed by atoms with Crippen LogP contribution < -0.4 is 0 Å². The minimum Gasteiger partial charge on any atom is -0.461 e. The quantitative estimate of drug-likeness (QED) is 0.372. The standard InChI is InChI=1S/C30H46O5/c1-25(2)19-9-12-28(5)20(27(19,4)11-10-21(25)32)8-7-17-18-13-26(3,16-31)22(33)14-30(18)15-23(29(17,28)6)35-24(30)34/h7,18-23,31-33H,8-16H2,1-6H3/t18-,19-,20+,21-,22-,23+,26-,27-,28+,29-,30-/m0/s1. The zero-order chi connectivity index (χ0) is 25.4. The molecule has 0 aromatic heterocycles. The van der Waals surface area contributed by atoms with Crippen molar-refractivity contribution in [1.82, 2.24) is 0 Å². The summed E-state index contributed by atoms with van der Waals surface area (Å²) in [5.41, 5.74) is -0.0774. The summed E-state index contributed by atoms with van der Waals surface area (Å²) in [4.78, 5) is 13.6. The number of aliphatic hydroxyl groups excluding tert-OH is 3. The van der Waals surface area contributed by atoms with E-state index >= 15 is 0 Å². The van der Waals surface area contributed by atoms with Gasteiger partial charge in [0.15, 0.2) is 0 Å². The van der Waals surface area contributed by atoms with E-state index in [9.17, 15) is 20.1 Å². The predicted octanol–water partition coefficient (Wildman–Crippen LogP) is 4.63. The van der Waals surface area contributed by atoms with Gasteiger partial charge in [-0.2, -0.15) is 0 Å². The maximum Gasteiger partial charge on any atom is 0.313 e. The predicted molar refractivity (Wildman–Crippen MR) is 133 cm³/mol. The van der Waals surface area contributed by atoms with Gasteiger partial charge in [-0.05, 0) is 78.9 Å². The van der Waals surface area contributed by atoms with Crippen LogP contribution in [0.15, 0.2) is 11.6 Å². The van der Waals surface area contributed by atoms with E-state index in [1.807, 2.05) is 6.92 Å². The third-order valence-corrected chi connectivity index (χ3v) is 13.7. The second-order valence-electron chi connectivity index (χ2n) is 15.1. The first-order valence-electron chi connectivity index (χ1n) is 14.1. The van der Waals surface area contributed by atoms with Crippen LogP contribution in [-0.2, 0) is 9.53 Å². The van der Waals surface area contributed by atoms with Crippen molar-refractivity contribution in [2.45, 2.75) is 111 Å². The molecular formula is C30H46O5. The topological polar surface area (TPSA) is 87.0 Å². The van der Waals surface area contributed by atoms with Gasteiger partial charge in [-0.3, -0.25) is 4.79 Å². The first-order valence-corrected chi connectivity index (χ1v) is 14.1. The minimum atomic E-state index is -0.697. The molecule has 196 valence electrons. The number of aliphatic hydroxyl groups is 3. The fraction of sp³-hybridized carbons (Fsp3) is 0.900. The van der Waals surface area contributed by atoms with Crippen LogP contribution in [0.4, 0.5) is 0 Å². The van der Waals surface area contributed by atoms with Gasteiger partial charge in [0.1, 0.15) is 6.10 Å². The van der Waals surface area contributed by atoms with Crippen LogP contribution in [0.2, 0.25) is 0 Å². The van der Waals surface area contributed by atoms with E-state index in [2.05, 4.69) is 40.7 Å². The van der Waals surface area contributed by atoms with E-state index in [4.69, 9.17) is 4.74 Å². The first kappa shape index (κ1) is 24.4. The summed E-state index contributed by atoms with van der Waals surface area (Å²) in [6, 6.07) is 0. The van der Waals surface area contributed by atoms with Crippen molar-refractivity contribution in [3.8, 4) is 0 Å². The van der Waals surface area contributed by atoms with Gasteiger partial charge in [-0.1, -0.05) is 53.2 Å². The van der Waals surface area contributed by atoms with Gasteiger partial charge in [0, 0.05) is 17.3 Å². The summed E-state index contributed by atoms with van der Waals surface area (Å²) in [5.74, 6) is 0.850. The van der Waals surface area contributed by atoms with Crippen LogP contribution in [0, 0.1) is 50.2 Å². The molecule has 0 aromatic carbocycles. The van der Waals surface area contributed by atoms with Crippen molar-refractivity contribution >= 4 is 5.97 Å². The van der Waals surface area contributed by atoms with Crippen molar-refractivity contribution in [3.05, 3.63) is 11.6 Å². The Morgan fingerprint density at radius 2 is 1.66 bits per heavy atom. The number of carbonyl (C=O) groups is 1. The van der Waals surface area contributed by atoms with Crippen LogP contribution >= 0.6 is 0 Å². The maximum absolute atomic E-state index is 13.6. The average molecular weight is 487 g/mol. The highest BCUT2D eigenvalue weighted by Crippen LogP contribution is 2.77. The lowest BCUT2D eigenvalue weighted by atomic mass is 9.33. The Bertz CT molecular complexity index is 987. The SMILES string of the molecule is CC1(C)[C@@H](O)CC[C@]2(C)[C@H]3CC=C4[C@@H]5C[C@@](C)(CO)[C@@H](O)C[C@]56C[C@@H](OC6=O)[C@@]4(C)[C@]3(C)CC[C@@H]12. The van der Waals surface area contributed by atoms with Crippen molar-refractivity contribution in [2.24, 2.45) is 50.2 Å². The van der Waals surface area contributed by atoms with Crippen LogP contribution in [0.5, 0.6) is 0 Å². The lowest BCUT2D eigenvalue weighted by molar-refractivity contribution is -0.214. The Morgan fingerprint density at radius 3 is 2.34 bits per heavy atom. The largest absolute Gasteiger partial charge is 0.461 e. The Labute approximate surface area is 210 Å². The van der Waals surface area contributed by atoms with E-state index < -0.39 is 16.9 Å². The number of rotatable bonds is 1. The van der Waals surface area contributed by atoms with Crippen LogP contribution in [-0.4, -0.2) is 46.2 Å². The van der Waals surface area contributed by atoms with Gasteiger partial charge in [0.25, 0.3) is 0 Å². The van der Waals surface area contributed by atoms with Gasteiger partial charge in [0.05, 0.1) is 24.2 Å². The highest BCUT2D eigenvalue weighted by atomic mass is 16.6. The number of esters is 1. The minimum absolute atomic E-state index is 0.00612. The van der Waals surface area contributed by atoms with E-state index in [1.165, 1.54) is 5.57 Å². The molecule has 5 fully saturated rings. The number of carbonyl (C=O) groups excluding carboxylic acids is 1. The molecule has 0 unspecified atom stereocenters. The molecule has 1 saturated heterocycles. The van der Waals surface area contributed by atoms with E-state index in [0.29, 0.717) is 31.1 Å². The summed E-state index contributed by atoms with van der Waals surface area (Å²) < 4.78 is 6.32. The zero-order valence-electron chi connectivity index (χ0n) is 22.6. The molecule has 6 rings (SSSR count). The Kier molecular flexibility index (Phi) is 4.84. The van der Waals surface area contributed by atoms with Crippen molar-refractivity contribution in [2.75, 3.05) is 6.61 Å².